The van der Waals surface area contributed by atoms with E-state index in [9.17, 15) is 18.3 Å². The van der Waals surface area contributed by atoms with Gasteiger partial charge in [0.25, 0.3) is 10.0 Å². The molecule has 186 valence electrons. The van der Waals surface area contributed by atoms with E-state index in [1.165, 1.54) is 24.3 Å². The lowest BCUT2D eigenvalue weighted by Gasteiger charge is -2.39. The second-order valence-corrected chi connectivity index (χ2v) is 11.4. The number of anilines is 1. The van der Waals surface area contributed by atoms with Gasteiger partial charge in [-0.05, 0) is 86.1 Å². The highest BCUT2D eigenvalue weighted by molar-refractivity contribution is 7.92. The van der Waals surface area contributed by atoms with Gasteiger partial charge in [-0.1, -0.05) is 24.3 Å². The third-order valence-corrected chi connectivity index (χ3v) is 8.65. The van der Waals surface area contributed by atoms with Gasteiger partial charge in [-0.15, -0.1) is 0 Å². The Bertz CT molecular complexity index is 1350. The van der Waals surface area contributed by atoms with Crippen LogP contribution in [-0.4, -0.2) is 25.6 Å². The number of hydrogen-bond donors (Lipinski definition) is 2. The van der Waals surface area contributed by atoms with Crippen LogP contribution in [0.15, 0.2) is 77.4 Å². The van der Waals surface area contributed by atoms with Crippen molar-refractivity contribution in [3.8, 4) is 6.07 Å². The summed E-state index contributed by atoms with van der Waals surface area (Å²) >= 11 is 0. The molecule has 1 saturated carbocycles. The molecule has 2 aliphatic carbocycles. The Morgan fingerprint density at radius 2 is 1.89 bits per heavy atom. The van der Waals surface area contributed by atoms with Crippen LogP contribution in [0, 0.1) is 29.1 Å². The summed E-state index contributed by atoms with van der Waals surface area (Å²) in [4.78, 5) is 13.2. The summed E-state index contributed by atoms with van der Waals surface area (Å²) in [6.45, 7) is 0. The van der Waals surface area contributed by atoms with Crippen LogP contribution in [-0.2, 0) is 19.6 Å². The van der Waals surface area contributed by atoms with E-state index < -0.39 is 28.0 Å². The second kappa shape index (κ2) is 9.92. The molecule has 8 heteroatoms. The van der Waals surface area contributed by atoms with Crippen LogP contribution in [0.5, 0.6) is 0 Å². The molecule has 1 saturated heterocycles. The van der Waals surface area contributed by atoms with Gasteiger partial charge in [0.1, 0.15) is 5.76 Å². The molecule has 5 rings (SSSR count). The van der Waals surface area contributed by atoms with Crippen molar-refractivity contribution in [1.82, 2.24) is 0 Å². The molecule has 2 aromatic rings. The lowest BCUT2D eigenvalue weighted by molar-refractivity contribution is -0.160. The lowest BCUT2D eigenvalue weighted by Crippen LogP contribution is -2.45. The first-order chi connectivity index (χ1) is 17.4. The maximum Gasteiger partial charge on any atom is 0.317 e. The van der Waals surface area contributed by atoms with Gasteiger partial charge in [-0.2, -0.15) is 5.26 Å². The Labute approximate surface area is 211 Å². The van der Waals surface area contributed by atoms with E-state index in [1.807, 2.05) is 24.3 Å². The minimum absolute atomic E-state index is 0.0505. The van der Waals surface area contributed by atoms with Crippen LogP contribution in [0.2, 0.25) is 0 Å². The molecule has 0 amide bonds. The van der Waals surface area contributed by atoms with Crippen LogP contribution in [0.3, 0.4) is 0 Å². The maximum absolute atomic E-state index is 13.2. The first kappa shape index (κ1) is 24.3. The number of benzene rings is 2. The summed E-state index contributed by atoms with van der Waals surface area (Å²) in [6, 6.07) is 14.7. The second-order valence-electron chi connectivity index (χ2n) is 9.70. The molecule has 2 N–H and O–H groups in total. The van der Waals surface area contributed by atoms with E-state index in [2.05, 4.69) is 4.72 Å². The highest BCUT2D eigenvalue weighted by Gasteiger charge is 2.50. The third kappa shape index (κ3) is 4.95. The summed E-state index contributed by atoms with van der Waals surface area (Å²) < 4.78 is 34.2. The third-order valence-electron chi connectivity index (χ3n) is 7.25. The number of ether oxygens (including phenoxy) is 1. The van der Waals surface area contributed by atoms with E-state index in [4.69, 9.17) is 10.00 Å². The predicted molar refractivity (Wildman–Crippen MR) is 134 cm³/mol. The molecule has 0 aromatic heterocycles. The number of sulfonamides is 1. The Kier molecular flexibility index (Phi) is 6.69. The van der Waals surface area contributed by atoms with E-state index in [1.54, 1.807) is 24.3 Å². The van der Waals surface area contributed by atoms with Gasteiger partial charge >= 0.3 is 5.97 Å². The molecular formula is C28H28N2O5S. The zero-order chi connectivity index (χ0) is 25.3. The SMILES string of the molecule is N#Cc1ccc(S(=O)(=O)Nc2cccc(C(C3CC3)C3C(=O)OC4=CC=CCCCC4C3O)c2)cc1. The number of carbonyl (C=O) groups is 1. The average Bonchev–Trinajstić information content (AvgIpc) is 3.68. The van der Waals surface area contributed by atoms with Gasteiger partial charge in [-0.3, -0.25) is 9.52 Å². The number of hydrogen-bond acceptors (Lipinski definition) is 6. The number of rotatable bonds is 6. The van der Waals surface area contributed by atoms with Crippen molar-refractivity contribution in [1.29, 1.82) is 5.26 Å². The standard InChI is InChI=1S/C28H28N2O5S/c29-17-18-10-14-22(15-11-18)36(33,34)30-21-7-5-6-20(16-21)25(19-12-13-19)26-27(31)23-8-3-1-2-4-9-24(23)35-28(26)32/h2,4-7,9-11,14-16,19,23,25-27,30-31H,1,3,8,12-13H2. The van der Waals surface area contributed by atoms with E-state index in [0.717, 1.165) is 37.7 Å². The molecule has 0 radical (unpaired) electrons. The van der Waals surface area contributed by atoms with Crippen molar-refractivity contribution in [3.63, 3.8) is 0 Å². The minimum atomic E-state index is -3.87. The quantitative estimate of drug-likeness (QED) is 0.554. The molecule has 0 bridgehead atoms. The van der Waals surface area contributed by atoms with Crippen molar-refractivity contribution >= 4 is 21.7 Å². The topological polar surface area (TPSA) is 116 Å². The fourth-order valence-electron chi connectivity index (χ4n) is 5.32. The summed E-state index contributed by atoms with van der Waals surface area (Å²) in [7, 11) is -3.87. The molecule has 36 heavy (non-hydrogen) atoms. The van der Waals surface area contributed by atoms with Gasteiger partial charge in [0, 0.05) is 17.5 Å². The number of aliphatic hydroxyl groups excluding tert-OH is 1. The van der Waals surface area contributed by atoms with Gasteiger partial charge < -0.3 is 9.84 Å². The van der Waals surface area contributed by atoms with Crippen LogP contribution in [0.1, 0.15) is 49.1 Å². The highest BCUT2D eigenvalue weighted by atomic mass is 32.2. The smallest absolute Gasteiger partial charge is 0.317 e. The molecule has 4 unspecified atom stereocenters. The van der Waals surface area contributed by atoms with Gasteiger partial charge in [0.2, 0.25) is 0 Å². The molecular weight excluding hydrogens is 476 g/mol. The first-order valence-electron chi connectivity index (χ1n) is 12.3. The summed E-state index contributed by atoms with van der Waals surface area (Å²) in [5, 5.41) is 20.4. The normalized spacial score (nSPS) is 24.8. The fourth-order valence-corrected chi connectivity index (χ4v) is 6.37. The number of aliphatic hydroxyl groups is 1. The molecule has 1 aliphatic heterocycles. The first-order valence-corrected chi connectivity index (χ1v) is 13.7. The zero-order valence-electron chi connectivity index (χ0n) is 19.7. The number of nitrogens with one attached hydrogen (secondary N) is 1. The number of nitrogens with zero attached hydrogens (tertiary/aromatic N) is 1. The molecule has 2 aromatic carbocycles. The fraction of sp³-hybridized carbons (Fsp3) is 0.357. The summed E-state index contributed by atoms with van der Waals surface area (Å²) in [5.41, 5.74) is 1.55. The molecule has 1 heterocycles. The molecule has 0 spiro atoms. The zero-order valence-corrected chi connectivity index (χ0v) is 20.5. The van der Waals surface area contributed by atoms with Crippen molar-refractivity contribution in [2.45, 2.75) is 49.0 Å². The maximum atomic E-state index is 13.2. The van der Waals surface area contributed by atoms with Crippen molar-refractivity contribution in [2.24, 2.45) is 17.8 Å². The monoisotopic (exact) mass is 504 g/mol. The number of fused-ring (bicyclic) bond motifs is 1. The van der Waals surface area contributed by atoms with Crippen molar-refractivity contribution in [2.75, 3.05) is 4.72 Å². The highest BCUT2D eigenvalue weighted by Crippen LogP contribution is 2.51. The van der Waals surface area contributed by atoms with Gasteiger partial charge in [0.05, 0.1) is 28.6 Å². The van der Waals surface area contributed by atoms with Crippen LogP contribution in [0.25, 0.3) is 0 Å². The van der Waals surface area contributed by atoms with Gasteiger partial charge in [0.15, 0.2) is 0 Å². The summed E-state index contributed by atoms with van der Waals surface area (Å²) in [6.07, 6.45) is 9.27. The van der Waals surface area contributed by atoms with Crippen molar-refractivity contribution < 1.29 is 23.1 Å². The number of nitriles is 1. The largest absolute Gasteiger partial charge is 0.430 e. The summed E-state index contributed by atoms with van der Waals surface area (Å²) in [5.74, 6) is -0.904. The predicted octanol–water partition coefficient (Wildman–Crippen LogP) is 4.63. The number of esters is 1. The van der Waals surface area contributed by atoms with Crippen LogP contribution in [0.4, 0.5) is 5.69 Å². The molecule has 7 nitrogen and oxygen atoms in total. The van der Waals surface area contributed by atoms with E-state index in [-0.39, 0.29) is 22.6 Å². The lowest BCUT2D eigenvalue weighted by atomic mass is 9.72. The Morgan fingerprint density at radius 3 is 2.61 bits per heavy atom. The number of allylic oxidation sites excluding steroid dienone is 3. The molecule has 3 aliphatic rings. The van der Waals surface area contributed by atoms with Crippen molar-refractivity contribution in [3.05, 3.63) is 83.6 Å². The van der Waals surface area contributed by atoms with Crippen LogP contribution >= 0.6 is 0 Å². The molecule has 2 fully saturated rings. The number of carbonyl (C=O) groups excluding carboxylic acids is 1. The van der Waals surface area contributed by atoms with E-state index in [0.29, 0.717) is 17.0 Å². The minimum Gasteiger partial charge on any atom is -0.430 e. The van der Waals surface area contributed by atoms with Gasteiger partial charge in [-0.25, -0.2) is 8.42 Å². The molecule has 4 atom stereocenters. The average molecular weight is 505 g/mol. The Morgan fingerprint density at radius 1 is 1.11 bits per heavy atom. The van der Waals surface area contributed by atoms with Crippen LogP contribution < -0.4 is 4.72 Å². The Hall–Kier alpha value is -3.41. The Balaban J connectivity index is 1.43. The van der Waals surface area contributed by atoms with E-state index >= 15 is 0 Å².